The van der Waals surface area contributed by atoms with Gasteiger partial charge in [0, 0.05) is 22.8 Å². The molecule has 0 aromatic carbocycles. The summed E-state index contributed by atoms with van der Waals surface area (Å²) in [5.41, 5.74) is 0. The molecule has 20 heavy (non-hydrogen) atoms. The van der Waals surface area contributed by atoms with Gasteiger partial charge in [0.1, 0.15) is 6.10 Å². The molecule has 0 aliphatic carbocycles. The van der Waals surface area contributed by atoms with Crippen molar-refractivity contribution in [3.8, 4) is 0 Å². The van der Waals surface area contributed by atoms with E-state index in [1.165, 1.54) is 19.1 Å². The molecule has 0 amide bonds. The number of carbonyl (C=O) groups is 1. The van der Waals surface area contributed by atoms with Crippen molar-refractivity contribution < 1.29 is 19.4 Å². The molecule has 0 bridgehead atoms. The number of carbonyl (C=O) groups excluding carboxylic acids is 1. The average Bonchev–Trinajstić information content (AvgIpc) is 2.36. The summed E-state index contributed by atoms with van der Waals surface area (Å²) in [6.45, 7) is 4.71. The van der Waals surface area contributed by atoms with E-state index in [0.717, 1.165) is 0 Å². The number of allylic oxidation sites excluding steroid dienone is 1. The fourth-order valence-corrected chi connectivity index (χ4v) is 1.69. The predicted molar refractivity (Wildman–Crippen MR) is 71.5 cm³/mol. The molecule has 0 saturated heterocycles. The lowest BCUT2D eigenvalue weighted by molar-refractivity contribution is -0.559. The average molecular weight is 288 g/mol. The molecular weight excluding hydrogens is 268 g/mol. The van der Waals surface area contributed by atoms with Gasteiger partial charge in [0.2, 0.25) is 12.1 Å². The van der Waals surface area contributed by atoms with Gasteiger partial charge in [0.25, 0.3) is 0 Å². The number of nitrogens with zero attached hydrogens (tertiary/aromatic N) is 2. The molecule has 0 fully saturated rings. The van der Waals surface area contributed by atoms with Crippen LogP contribution in [0.3, 0.4) is 0 Å². The molecule has 0 aliphatic rings. The Morgan fingerprint density at radius 3 is 2.25 bits per heavy atom. The second-order valence-electron chi connectivity index (χ2n) is 4.51. The van der Waals surface area contributed by atoms with Crippen molar-refractivity contribution in [2.45, 2.75) is 58.2 Å². The fraction of sp³-hybridized carbons (Fsp3) is 0.750. The molecule has 0 radical (unpaired) electrons. The smallest absolute Gasteiger partial charge is 0.330 e. The summed E-state index contributed by atoms with van der Waals surface area (Å²) in [5, 5.41) is 21.5. The number of rotatable bonds is 9. The highest BCUT2D eigenvalue weighted by Crippen LogP contribution is 2.15. The van der Waals surface area contributed by atoms with E-state index in [1.54, 1.807) is 13.8 Å². The summed E-state index contributed by atoms with van der Waals surface area (Å²) in [4.78, 5) is 31.7. The molecule has 0 aliphatic heterocycles. The van der Waals surface area contributed by atoms with Crippen molar-refractivity contribution in [3.63, 3.8) is 0 Å². The Labute approximate surface area is 117 Å². The van der Waals surface area contributed by atoms with E-state index in [4.69, 9.17) is 4.74 Å². The van der Waals surface area contributed by atoms with Crippen molar-refractivity contribution in [2.24, 2.45) is 0 Å². The molecule has 8 nitrogen and oxygen atoms in total. The van der Waals surface area contributed by atoms with Crippen LogP contribution < -0.4 is 0 Å². The van der Waals surface area contributed by atoms with Crippen molar-refractivity contribution >= 4 is 5.97 Å². The van der Waals surface area contributed by atoms with Gasteiger partial charge < -0.3 is 4.74 Å². The van der Waals surface area contributed by atoms with Crippen LogP contribution in [0.4, 0.5) is 0 Å². The van der Waals surface area contributed by atoms with Gasteiger partial charge in [-0.15, -0.1) is 0 Å². The zero-order chi connectivity index (χ0) is 15.7. The lowest BCUT2D eigenvalue weighted by atomic mass is 10.0. The summed E-state index contributed by atoms with van der Waals surface area (Å²) in [6.07, 6.45) is 2.33. The number of hydrogen-bond donors (Lipinski definition) is 0. The Bertz CT molecular complexity index is 382. The third kappa shape index (κ3) is 6.81. The topological polar surface area (TPSA) is 113 Å². The first-order valence-corrected chi connectivity index (χ1v) is 6.42. The lowest BCUT2D eigenvalue weighted by Crippen LogP contribution is -2.32. The first-order valence-electron chi connectivity index (χ1n) is 6.42. The zero-order valence-electron chi connectivity index (χ0n) is 11.9. The van der Waals surface area contributed by atoms with Crippen LogP contribution in [0.1, 0.15) is 40.0 Å². The van der Waals surface area contributed by atoms with E-state index < -0.39 is 34.0 Å². The molecular formula is C12H20N2O6. The van der Waals surface area contributed by atoms with E-state index in [0.29, 0.717) is 6.42 Å². The normalized spacial score (nSPS) is 15.6. The van der Waals surface area contributed by atoms with E-state index in [-0.39, 0.29) is 12.8 Å². The Balaban J connectivity index is 4.65. The van der Waals surface area contributed by atoms with Crippen LogP contribution in [0.2, 0.25) is 0 Å². The van der Waals surface area contributed by atoms with Crippen molar-refractivity contribution in [3.05, 3.63) is 32.4 Å². The molecule has 0 N–H and O–H groups in total. The van der Waals surface area contributed by atoms with Gasteiger partial charge in [0.05, 0.1) is 12.8 Å². The quantitative estimate of drug-likeness (QED) is 0.277. The number of esters is 1. The standard InChI is InChI=1S/C12H20N2O6/c1-4-6-12(15)20-11(5-2)8-10(14(18)19)7-9(3)13(16)17/h4,6,9-11H,5,7-8H2,1-3H3/b6-4+. The number of nitro groups is 2. The van der Waals surface area contributed by atoms with Crippen molar-refractivity contribution in [2.75, 3.05) is 0 Å². The summed E-state index contributed by atoms with van der Waals surface area (Å²) in [6, 6.07) is -2.10. The first kappa shape index (κ1) is 18.0. The van der Waals surface area contributed by atoms with Crippen LogP contribution in [0.25, 0.3) is 0 Å². The lowest BCUT2D eigenvalue weighted by Gasteiger charge is -2.18. The minimum atomic E-state index is -1.10. The Hall–Kier alpha value is -1.99. The van der Waals surface area contributed by atoms with E-state index in [9.17, 15) is 25.0 Å². The van der Waals surface area contributed by atoms with E-state index in [1.807, 2.05) is 0 Å². The maximum Gasteiger partial charge on any atom is 0.330 e. The molecule has 0 spiro atoms. The molecule has 0 aromatic rings. The Morgan fingerprint density at radius 1 is 1.25 bits per heavy atom. The molecule has 3 atom stereocenters. The summed E-state index contributed by atoms with van der Waals surface area (Å²) in [7, 11) is 0. The fourth-order valence-electron chi connectivity index (χ4n) is 1.69. The second kappa shape index (κ2) is 9.00. The van der Waals surface area contributed by atoms with Gasteiger partial charge >= 0.3 is 5.97 Å². The van der Waals surface area contributed by atoms with Gasteiger partial charge in [-0.1, -0.05) is 13.0 Å². The van der Waals surface area contributed by atoms with E-state index >= 15 is 0 Å². The van der Waals surface area contributed by atoms with Gasteiger partial charge in [-0.3, -0.25) is 20.2 Å². The van der Waals surface area contributed by atoms with Gasteiger partial charge in [-0.2, -0.15) is 0 Å². The molecule has 0 saturated carbocycles. The van der Waals surface area contributed by atoms with Crippen molar-refractivity contribution in [1.82, 2.24) is 0 Å². The van der Waals surface area contributed by atoms with E-state index in [2.05, 4.69) is 0 Å². The third-order valence-electron chi connectivity index (χ3n) is 2.85. The predicted octanol–water partition coefficient (Wildman–Crippen LogP) is 1.97. The van der Waals surface area contributed by atoms with Crippen LogP contribution >= 0.6 is 0 Å². The van der Waals surface area contributed by atoms with Crippen LogP contribution in [0.5, 0.6) is 0 Å². The molecule has 8 heteroatoms. The maximum absolute atomic E-state index is 11.3. The van der Waals surface area contributed by atoms with Crippen molar-refractivity contribution in [1.29, 1.82) is 0 Å². The first-order chi connectivity index (χ1) is 9.31. The molecule has 0 rings (SSSR count). The zero-order valence-corrected chi connectivity index (χ0v) is 11.9. The number of hydrogen-bond acceptors (Lipinski definition) is 6. The van der Waals surface area contributed by atoms with Crippen LogP contribution in [-0.2, 0) is 9.53 Å². The highest BCUT2D eigenvalue weighted by Gasteiger charge is 2.31. The third-order valence-corrected chi connectivity index (χ3v) is 2.85. The minimum absolute atomic E-state index is 0.0228. The summed E-state index contributed by atoms with van der Waals surface area (Å²) >= 11 is 0. The monoisotopic (exact) mass is 288 g/mol. The van der Waals surface area contributed by atoms with Gasteiger partial charge in [-0.05, 0) is 13.3 Å². The SMILES string of the molecule is C/C=C/C(=O)OC(CC)CC(CC(C)[N+](=O)[O-])[N+](=O)[O-]. The Morgan fingerprint density at radius 2 is 1.85 bits per heavy atom. The Kier molecular flexibility index (Phi) is 8.10. The minimum Gasteiger partial charge on any atom is -0.459 e. The van der Waals surface area contributed by atoms with Crippen LogP contribution in [-0.4, -0.2) is 34.0 Å². The second-order valence-corrected chi connectivity index (χ2v) is 4.51. The molecule has 0 heterocycles. The largest absolute Gasteiger partial charge is 0.459 e. The number of ether oxygens (including phenoxy) is 1. The maximum atomic E-state index is 11.3. The van der Waals surface area contributed by atoms with Gasteiger partial charge in [0.15, 0.2) is 0 Å². The molecule has 114 valence electrons. The molecule has 3 unspecified atom stereocenters. The highest BCUT2D eigenvalue weighted by atomic mass is 16.6. The van der Waals surface area contributed by atoms with Gasteiger partial charge in [-0.25, -0.2) is 4.79 Å². The summed E-state index contributed by atoms with van der Waals surface area (Å²) < 4.78 is 5.06. The van der Waals surface area contributed by atoms with Crippen LogP contribution in [0.15, 0.2) is 12.2 Å². The van der Waals surface area contributed by atoms with Crippen LogP contribution in [0, 0.1) is 20.2 Å². The highest BCUT2D eigenvalue weighted by molar-refractivity contribution is 5.81. The summed E-state index contributed by atoms with van der Waals surface area (Å²) in [5.74, 6) is -0.566. The molecule has 0 aromatic heterocycles.